The summed E-state index contributed by atoms with van der Waals surface area (Å²) < 4.78 is 0. The predicted molar refractivity (Wildman–Crippen MR) is 87.2 cm³/mol. The van der Waals surface area contributed by atoms with Crippen LogP contribution < -0.4 is 4.90 Å². The van der Waals surface area contributed by atoms with Gasteiger partial charge in [-0.3, -0.25) is 14.6 Å². The fourth-order valence-electron chi connectivity index (χ4n) is 4.23. The number of hydrogen-bond acceptors (Lipinski definition) is 4. The number of amides is 2. The monoisotopic (exact) mass is 311 g/mol. The fourth-order valence-corrected chi connectivity index (χ4v) is 4.23. The second-order valence-corrected chi connectivity index (χ2v) is 6.70. The van der Waals surface area contributed by atoms with Gasteiger partial charge < -0.3 is 0 Å². The van der Waals surface area contributed by atoms with Gasteiger partial charge in [-0.25, -0.2) is 9.91 Å². The van der Waals surface area contributed by atoms with E-state index in [0.29, 0.717) is 5.69 Å². The predicted octanol–water partition coefficient (Wildman–Crippen LogP) is 2.16. The maximum absolute atomic E-state index is 13.1. The molecule has 3 aliphatic rings. The standard InChI is InChI=1S/C18H21N3O2/c1-19(2)21-15-10-6-7-12(15)11-14-16(21)18(23)20(17(14)22)13-8-4-3-5-9-13/h3-5,8-9,14,16H,6-7,10-11H2,1-2H3. The molecule has 0 N–H and O–H groups in total. The van der Waals surface area contributed by atoms with E-state index in [1.165, 1.54) is 16.2 Å². The van der Waals surface area contributed by atoms with Crippen molar-refractivity contribution in [3.63, 3.8) is 0 Å². The first-order valence-corrected chi connectivity index (χ1v) is 8.20. The topological polar surface area (TPSA) is 43.9 Å². The highest BCUT2D eigenvalue weighted by molar-refractivity contribution is 6.23. The van der Waals surface area contributed by atoms with Crippen LogP contribution in [0.5, 0.6) is 0 Å². The van der Waals surface area contributed by atoms with Crippen molar-refractivity contribution in [2.24, 2.45) is 5.92 Å². The number of anilines is 1. The lowest BCUT2D eigenvalue weighted by Crippen LogP contribution is -2.52. The fraction of sp³-hybridized carbons (Fsp3) is 0.444. The van der Waals surface area contributed by atoms with E-state index in [2.05, 4.69) is 5.01 Å². The molecule has 2 unspecified atom stereocenters. The number of para-hydroxylation sites is 1. The van der Waals surface area contributed by atoms with E-state index in [0.717, 1.165) is 25.7 Å². The van der Waals surface area contributed by atoms with Crippen LogP contribution in [0.1, 0.15) is 25.7 Å². The first-order valence-electron chi connectivity index (χ1n) is 8.20. The van der Waals surface area contributed by atoms with E-state index in [9.17, 15) is 9.59 Å². The second-order valence-electron chi connectivity index (χ2n) is 6.70. The third-order valence-corrected chi connectivity index (χ3v) is 5.14. The highest BCUT2D eigenvalue weighted by Crippen LogP contribution is 2.45. The summed E-state index contributed by atoms with van der Waals surface area (Å²) in [7, 11) is 3.91. The Kier molecular flexibility index (Phi) is 3.27. The van der Waals surface area contributed by atoms with Gasteiger partial charge in [0.1, 0.15) is 6.04 Å². The van der Waals surface area contributed by atoms with E-state index in [4.69, 9.17) is 0 Å². The van der Waals surface area contributed by atoms with E-state index < -0.39 is 6.04 Å². The molecular formula is C18H21N3O2. The van der Waals surface area contributed by atoms with Gasteiger partial charge >= 0.3 is 0 Å². The minimum Gasteiger partial charge on any atom is -0.297 e. The van der Waals surface area contributed by atoms with Crippen LogP contribution in [0.25, 0.3) is 0 Å². The van der Waals surface area contributed by atoms with Crippen molar-refractivity contribution in [1.82, 2.24) is 10.0 Å². The van der Waals surface area contributed by atoms with E-state index in [-0.39, 0.29) is 17.7 Å². The van der Waals surface area contributed by atoms with Gasteiger partial charge in [-0.15, -0.1) is 0 Å². The molecule has 0 bridgehead atoms. The number of carbonyl (C=O) groups is 2. The Balaban J connectivity index is 1.76. The summed E-state index contributed by atoms with van der Waals surface area (Å²) in [5.41, 5.74) is 3.29. The van der Waals surface area contributed by atoms with Crippen LogP contribution in [-0.2, 0) is 9.59 Å². The Morgan fingerprint density at radius 1 is 1.04 bits per heavy atom. The number of nitrogens with zero attached hydrogens (tertiary/aromatic N) is 3. The van der Waals surface area contributed by atoms with Gasteiger partial charge in [-0.2, -0.15) is 0 Å². The molecule has 0 spiro atoms. The largest absolute Gasteiger partial charge is 0.297 e. The number of benzene rings is 1. The molecule has 1 aromatic rings. The number of hydrazine groups is 1. The number of imide groups is 1. The summed E-state index contributed by atoms with van der Waals surface area (Å²) in [5, 5.41) is 4.04. The molecule has 5 heteroatoms. The summed E-state index contributed by atoms with van der Waals surface area (Å²) in [6.45, 7) is 0. The SMILES string of the molecule is CN(C)N1C2=C(CCC2)CC2C(=O)N(c3ccccc3)C(=O)C21. The van der Waals surface area contributed by atoms with Crippen molar-refractivity contribution in [3.8, 4) is 0 Å². The van der Waals surface area contributed by atoms with Crippen molar-refractivity contribution in [1.29, 1.82) is 0 Å². The van der Waals surface area contributed by atoms with E-state index in [1.807, 2.05) is 49.4 Å². The summed E-state index contributed by atoms with van der Waals surface area (Å²) in [4.78, 5) is 27.4. The lowest BCUT2D eigenvalue weighted by atomic mass is 9.89. The minimum atomic E-state index is -0.394. The van der Waals surface area contributed by atoms with Crippen molar-refractivity contribution in [2.75, 3.05) is 19.0 Å². The maximum Gasteiger partial charge on any atom is 0.258 e. The van der Waals surface area contributed by atoms with Crippen LogP contribution in [0.4, 0.5) is 5.69 Å². The van der Waals surface area contributed by atoms with Crippen molar-refractivity contribution < 1.29 is 9.59 Å². The van der Waals surface area contributed by atoms with Crippen LogP contribution in [0.15, 0.2) is 41.6 Å². The molecule has 1 aromatic carbocycles. The minimum absolute atomic E-state index is 0.0588. The Morgan fingerprint density at radius 3 is 2.48 bits per heavy atom. The van der Waals surface area contributed by atoms with Crippen LogP contribution >= 0.6 is 0 Å². The Morgan fingerprint density at radius 2 is 1.78 bits per heavy atom. The average molecular weight is 311 g/mol. The molecule has 0 radical (unpaired) electrons. The molecular weight excluding hydrogens is 290 g/mol. The zero-order chi connectivity index (χ0) is 16.1. The third kappa shape index (κ3) is 2.03. The van der Waals surface area contributed by atoms with Crippen LogP contribution in [0, 0.1) is 5.92 Å². The van der Waals surface area contributed by atoms with Gasteiger partial charge in [0.25, 0.3) is 5.91 Å². The molecule has 0 saturated carbocycles. The smallest absolute Gasteiger partial charge is 0.258 e. The summed E-state index contributed by atoms with van der Waals surface area (Å²) in [5.74, 6) is -0.420. The molecule has 1 aliphatic carbocycles. The van der Waals surface area contributed by atoms with Crippen LogP contribution in [0.2, 0.25) is 0 Å². The van der Waals surface area contributed by atoms with Gasteiger partial charge in [0.2, 0.25) is 5.91 Å². The van der Waals surface area contributed by atoms with Gasteiger partial charge in [0.05, 0.1) is 11.6 Å². The highest BCUT2D eigenvalue weighted by atomic mass is 16.2. The van der Waals surface area contributed by atoms with Crippen molar-refractivity contribution >= 4 is 17.5 Å². The maximum atomic E-state index is 13.1. The Hall–Kier alpha value is -2.14. The number of fused-ring (bicyclic) bond motifs is 1. The lowest BCUT2D eigenvalue weighted by molar-refractivity contribution is -0.128. The second kappa shape index (κ2) is 5.20. The van der Waals surface area contributed by atoms with Gasteiger partial charge in [0.15, 0.2) is 0 Å². The molecule has 2 aliphatic heterocycles. The first kappa shape index (κ1) is 14.5. The summed E-state index contributed by atoms with van der Waals surface area (Å²) in [6, 6.07) is 8.88. The van der Waals surface area contributed by atoms with Gasteiger partial charge in [-0.1, -0.05) is 18.2 Å². The molecule has 4 rings (SSSR count). The Bertz CT molecular complexity index is 695. The molecule has 2 amide bonds. The molecule has 0 aromatic heterocycles. The quantitative estimate of drug-likeness (QED) is 0.785. The van der Waals surface area contributed by atoms with E-state index in [1.54, 1.807) is 0 Å². The number of carbonyl (C=O) groups excluding carboxylic acids is 2. The summed E-state index contributed by atoms with van der Waals surface area (Å²) >= 11 is 0. The molecule has 2 heterocycles. The number of hydrogen-bond donors (Lipinski definition) is 0. The van der Waals surface area contributed by atoms with Gasteiger partial charge in [-0.05, 0) is 43.4 Å². The zero-order valence-corrected chi connectivity index (χ0v) is 13.5. The normalized spacial score (nSPS) is 27.1. The van der Waals surface area contributed by atoms with Gasteiger partial charge in [0, 0.05) is 19.8 Å². The van der Waals surface area contributed by atoms with Crippen molar-refractivity contribution in [3.05, 3.63) is 41.6 Å². The first-order chi connectivity index (χ1) is 11.1. The molecule has 2 atom stereocenters. The number of rotatable bonds is 2. The molecule has 120 valence electrons. The molecule has 1 saturated heterocycles. The number of allylic oxidation sites excluding steroid dienone is 2. The molecule has 5 nitrogen and oxygen atoms in total. The highest BCUT2D eigenvalue weighted by Gasteiger charge is 2.55. The average Bonchev–Trinajstić information content (AvgIpc) is 3.10. The summed E-state index contributed by atoms with van der Waals surface area (Å²) in [6.07, 6.45) is 3.91. The van der Waals surface area contributed by atoms with E-state index >= 15 is 0 Å². The molecule has 23 heavy (non-hydrogen) atoms. The Labute approximate surface area is 136 Å². The third-order valence-electron chi connectivity index (χ3n) is 5.14. The lowest BCUT2D eigenvalue weighted by Gasteiger charge is -2.41. The molecule has 1 fully saturated rings. The van der Waals surface area contributed by atoms with Crippen LogP contribution in [0.3, 0.4) is 0 Å². The zero-order valence-electron chi connectivity index (χ0n) is 13.5. The van der Waals surface area contributed by atoms with Crippen LogP contribution in [-0.4, -0.2) is 42.0 Å². The van der Waals surface area contributed by atoms with Crippen molar-refractivity contribution in [2.45, 2.75) is 31.7 Å².